The normalized spacial score (nSPS) is 10.1. The molecule has 0 spiro atoms. The third-order valence-corrected chi connectivity index (χ3v) is 3.03. The molecule has 3 heteroatoms. The number of Topliss-reactive ketones (excluding diaryl/α,β-unsaturated/α-hetero) is 1. The maximum Gasteiger partial charge on any atom is 0.159 e. The number of halogens is 1. The van der Waals surface area contributed by atoms with Crippen LogP contribution in [-0.4, -0.2) is 5.78 Å². The van der Waals surface area contributed by atoms with E-state index < -0.39 is 0 Å². The summed E-state index contributed by atoms with van der Waals surface area (Å²) in [4.78, 5) is 11.3. The van der Waals surface area contributed by atoms with Crippen LogP contribution in [0.1, 0.15) is 22.8 Å². The molecule has 18 heavy (non-hydrogen) atoms. The zero-order valence-corrected chi connectivity index (χ0v) is 10.9. The molecule has 2 aromatic rings. The molecule has 0 radical (unpaired) electrons. The van der Waals surface area contributed by atoms with E-state index in [1.165, 1.54) is 5.56 Å². The Hall–Kier alpha value is -1.80. The number of rotatable bonds is 4. The minimum atomic E-state index is 0.0365. The van der Waals surface area contributed by atoms with Gasteiger partial charge in [0, 0.05) is 12.1 Å². The molecule has 0 aliphatic heterocycles. The number of ketones is 1. The van der Waals surface area contributed by atoms with Crippen molar-refractivity contribution in [3.05, 3.63) is 64.7 Å². The summed E-state index contributed by atoms with van der Waals surface area (Å²) in [5.74, 6) is 0.0365. The minimum absolute atomic E-state index is 0.0365. The Balaban J connectivity index is 2.14. The fourth-order valence-corrected chi connectivity index (χ4v) is 1.86. The van der Waals surface area contributed by atoms with E-state index in [2.05, 4.69) is 5.32 Å². The van der Waals surface area contributed by atoms with E-state index in [4.69, 9.17) is 11.6 Å². The SMILES string of the molecule is CC(=O)c1ccc(Cl)c(NCc2ccccc2)c1. The standard InChI is InChI=1S/C15H14ClNO/c1-11(18)13-7-8-14(16)15(9-13)17-10-12-5-3-2-4-6-12/h2-9,17H,10H2,1H3. The Morgan fingerprint density at radius 2 is 1.89 bits per heavy atom. The van der Waals surface area contributed by atoms with Crippen molar-refractivity contribution in [3.8, 4) is 0 Å². The Morgan fingerprint density at radius 1 is 1.17 bits per heavy atom. The Morgan fingerprint density at radius 3 is 2.56 bits per heavy atom. The average molecular weight is 260 g/mol. The molecule has 92 valence electrons. The molecule has 0 saturated carbocycles. The summed E-state index contributed by atoms with van der Waals surface area (Å²) in [6.07, 6.45) is 0. The molecule has 0 saturated heterocycles. The summed E-state index contributed by atoms with van der Waals surface area (Å²) in [5, 5.41) is 3.86. The second-order valence-electron chi connectivity index (χ2n) is 4.09. The largest absolute Gasteiger partial charge is 0.380 e. The maximum absolute atomic E-state index is 11.3. The van der Waals surface area contributed by atoms with Crippen molar-refractivity contribution in [2.45, 2.75) is 13.5 Å². The van der Waals surface area contributed by atoms with Gasteiger partial charge in [-0.25, -0.2) is 0 Å². The van der Waals surface area contributed by atoms with Crippen LogP contribution in [0.15, 0.2) is 48.5 Å². The molecule has 0 aliphatic carbocycles. The first-order chi connectivity index (χ1) is 8.66. The lowest BCUT2D eigenvalue weighted by Crippen LogP contribution is -2.01. The molecular weight excluding hydrogens is 246 g/mol. The van der Waals surface area contributed by atoms with Crippen molar-refractivity contribution < 1.29 is 4.79 Å². The topological polar surface area (TPSA) is 29.1 Å². The highest BCUT2D eigenvalue weighted by Gasteiger charge is 2.04. The highest BCUT2D eigenvalue weighted by atomic mass is 35.5. The summed E-state index contributed by atoms with van der Waals surface area (Å²) in [6, 6.07) is 15.3. The van der Waals surface area contributed by atoms with Crippen molar-refractivity contribution in [2.75, 3.05) is 5.32 Å². The van der Waals surface area contributed by atoms with Crippen LogP contribution in [0.4, 0.5) is 5.69 Å². The first-order valence-electron chi connectivity index (χ1n) is 5.75. The molecule has 0 bridgehead atoms. The molecule has 2 aromatic carbocycles. The monoisotopic (exact) mass is 259 g/mol. The molecule has 0 fully saturated rings. The van der Waals surface area contributed by atoms with Gasteiger partial charge in [-0.15, -0.1) is 0 Å². The molecular formula is C15H14ClNO. The molecule has 0 unspecified atom stereocenters. The third kappa shape index (κ3) is 3.11. The van der Waals surface area contributed by atoms with Gasteiger partial charge >= 0.3 is 0 Å². The van der Waals surface area contributed by atoms with Gasteiger partial charge in [0.15, 0.2) is 5.78 Å². The maximum atomic E-state index is 11.3. The van der Waals surface area contributed by atoms with Crippen LogP contribution in [0.5, 0.6) is 0 Å². The van der Waals surface area contributed by atoms with Gasteiger partial charge in [-0.2, -0.15) is 0 Å². The van der Waals surface area contributed by atoms with Gasteiger partial charge in [0.1, 0.15) is 0 Å². The smallest absolute Gasteiger partial charge is 0.159 e. The van der Waals surface area contributed by atoms with Crippen molar-refractivity contribution in [1.29, 1.82) is 0 Å². The van der Waals surface area contributed by atoms with Crippen LogP contribution in [0.2, 0.25) is 5.02 Å². The summed E-state index contributed by atoms with van der Waals surface area (Å²) in [6.45, 7) is 2.23. The van der Waals surface area contributed by atoms with Crippen molar-refractivity contribution in [2.24, 2.45) is 0 Å². The third-order valence-electron chi connectivity index (χ3n) is 2.70. The van der Waals surface area contributed by atoms with Crippen molar-refractivity contribution >= 4 is 23.1 Å². The predicted octanol–water partition coefficient (Wildman–Crippen LogP) is 4.15. The van der Waals surface area contributed by atoms with Crippen LogP contribution in [0.3, 0.4) is 0 Å². The number of carbonyl (C=O) groups excluding carboxylic acids is 1. The molecule has 2 nitrogen and oxygen atoms in total. The average Bonchev–Trinajstić information content (AvgIpc) is 2.38. The van der Waals surface area contributed by atoms with Crippen LogP contribution in [0.25, 0.3) is 0 Å². The number of hydrogen-bond acceptors (Lipinski definition) is 2. The highest BCUT2D eigenvalue weighted by Crippen LogP contribution is 2.23. The second-order valence-corrected chi connectivity index (χ2v) is 4.50. The van der Waals surface area contributed by atoms with Gasteiger partial charge in [0.2, 0.25) is 0 Å². The lowest BCUT2D eigenvalue weighted by atomic mass is 10.1. The van der Waals surface area contributed by atoms with E-state index >= 15 is 0 Å². The number of anilines is 1. The zero-order valence-electron chi connectivity index (χ0n) is 10.1. The first-order valence-corrected chi connectivity index (χ1v) is 6.13. The number of hydrogen-bond donors (Lipinski definition) is 1. The number of nitrogens with one attached hydrogen (secondary N) is 1. The van der Waals surface area contributed by atoms with Crippen molar-refractivity contribution in [1.82, 2.24) is 0 Å². The minimum Gasteiger partial charge on any atom is -0.380 e. The molecule has 0 heterocycles. The van der Waals surface area contributed by atoms with E-state index in [0.717, 1.165) is 5.69 Å². The van der Waals surface area contributed by atoms with Gasteiger partial charge < -0.3 is 5.32 Å². The first kappa shape index (κ1) is 12.7. The fourth-order valence-electron chi connectivity index (χ4n) is 1.67. The van der Waals surface area contributed by atoms with E-state index in [9.17, 15) is 4.79 Å². The predicted molar refractivity (Wildman–Crippen MR) is 75.2 cm³/mol. The van der Waals surface area contributed by atoms with E-state index in [-0.39, 0.29) is 5.78 Å². The van der Waals surface area contributed by atoms with Crippen LogP contribution >= 0.6 is 11.6 Å². The highest BCUT2D eigenvalue weighted by molar-refractivity contribution is 6.33. The zero-order chi connectivity index (χ0) is 13.0. The molecule has 1 N–H and O–H groups in total. The van der Waals surface area contributed by atoms with Gasteiger partial charge in [-0.3, -0.25) is 4.79 Å². The molecule has 2 rings (SSSR count). The lowest BCUT2D eigenvalue weighted by molar-refractivity contribution is 0.101. The number of benzene rings is 2. The van der Waals surface area contributed by atoms with E-state index in [0.29, 0.717) is 17.1 Å². The molecule has 0 aromatic heterocycles. The summed E-state index contributed by atoms with van der Waals surface area (Å²) in [5.41, 5.74) is 2.62. The number of carbonyl (C=O) groups is 1. The van der Waals surface area contributed by atoms with E-state index in [1.54, 1.807) is 25.1 Å². The summed E-state index contributed by atoms with van der Waals surface area (Å²) in [7, 11) is 0. The second kappa shape index (κ2) is 5.69. The fraction of sp³-hybridized carbons (Fsp3) is 0.133. The van der Waals surface area contributed by atoms with Crippen molar-refractivity contribution in [3.63, 3.8) is 0 Å². The van der Waals surface area contributed by atoms with Gasteiger partial charge in [0.25, 0.3) is 0 Å². The summed E-state index contributed by atoms with van der Waals surface area (Å²) >= 11 is 6.09. The Kier molecular flexibility index (Phi) is 4.00. The molecule has 0 amide bonds. The Labute approximate surface area is 112 Å². The lowest BCUT2D eigenvalue weighted by Gasteiger charge is -2.09. The van der Waals surface area contributed by atoms with Gasteiger partial charge in [-0.05, 0) is 30.7 Å². The molecule has 0 atom stereocenters. The van der Waals surface area contributed by atoms with Crippen LogP contribution in [0, 0.1) is 0 Å². The van der Waals surface area contributed by atoms with Gasteiger partial charge in [-0.1, -0.05) is 41.9 Å². The van der Waals surface area contributed by atoms with Crippen LogP contribution in [-0.2, 0) is 6.54 Å². The quantitative estimate of drug-likeness (QED) is 0.836. The van der Waals surface area contributed by atoms with Gasteiger partial charge in [0.05, 0.1) is 10.7 Å². The summed E-state index contributed by atoms with van der Waals surface area (Å²) < 4.78 is 0. The Bertz CT molecular complexity index is 552. The van der Waals surface area contributed by atoms with Crippen LogP contribution < -0.4 is 5.32 Å². The molecule has 0 aliphatic rings. The van der Waals surface area contributed by atoms with E-state index in [1.807, 2.05) is 30.3 Å².